The van der Waals surface area contributed by atoms with Gasteiger partial charge >= 0.3 is 0 Å². The number of aliphatic imine (C=N–C) groups is 1. The summed E-state index contributed by atoms with van der Waals surface area (Å²) in [5.41, 5.74) is 2.28. The Morgan fingerprint density at radius 3 is 3.00 bits per heavy atom. The van der Waals surface area contributed by atoms with Crippen molar-refractivity contribution in [3.8, 4) is 11.5 Å². The molecule has 0 amide bonds. The molecule has 6 heteroatoms. The molecule has 1 aliphatic heterocycles. The van der Waals surface area contributed by atoms with Crippen LogP contribution in [0.25, 0.3) is 0 Å². The fourth-order valence-corrected chi connectivity index (χ4v) is 3.68. The van der Waals surface area contributed by atoms with E-state index < -0.39 is 0 Å². The van der Waals surface area contributed by atoms with Crippen LogP contribution < -0.4 is 20.1 Å². The number of methoxy groups -OCH3 is 1. The molecule has 1 unspecified atom stereocenters. The second-order valence-corrected chi connectivity index (χ2v) is 7.12. The van der Waals surface area contributed by atoms with Gasteiger partial charge in [0.25, 0.3) is 0 Å². The van der Waals surface area contributed by atoms with Gasteiger partial charge in [-0.05, 0) is 36.9 Å². The number of nitrogens with zero attached hydrogens (tertiary/aromatic N) is 1. The molecule has 0 aliphatic carbocycles. The number of fused-ring (bicyclic) bond motifs is 1. The van der Waals surface area contributed by atoms with Gasteiger partial charge in [-0.1, -0.05) is 6.07 Å². The Morgan fingerprint density at radius 2 is 2.28 bits per heavy atom. The van der Waals surface area contributed by atoms with Gasteiger partial charge < -0.3 is 20.1 Å². The molecular formula is C19H25N3O2S. The predicted molar refractivity (Wildman–Crippen MR) is 103 cm³/mol. The van der Waals surface area contributed by atoms with Crippen LogP contribution in [0.4, 0.5) is 0 Å². The fourth-order valence-electron chi connectivity index (χ4n) is 2.97. The zero-order valence-electron chi connectivity index (χ0n) is 15.0. The first-order chi connectivity index (χ1) is 12.2. The van der Waals surface area contributed by atoms with Crippen molar-refractivity contribution in [2.24, 2.45) is 4.99 Å². The molecule has 0 saturated heterocycles. The van der Waals surface area contributed by atoms with Crippen LogP contribution in [0.15, 0.2) is 34.6 Å². The summed E-state index contributed by atoms with van der Waals surface area (Å²) in [6.45, 7) is 3.57. The molecule has 1 atom stereocenters. The molecule has 2 aromatic rings. The van der Waals surface area contributed by atoms with Gasteiger partial charge in [0.05, 0.1) is 7.11 Å². The van der Waals surface area contributed by atoms with E-state index in [9.17, 15) is 0 Å². The molecule has 3 rings (SSSR count). The van der Waals surface area contributed by atoms with Gasteiger partial charge in [0.1, 0.15) is 17.6 Å². The zero-order chi connectivity index (χ0) is 17.6. The molecule has 0 bridgehead atoms. The predicted octanol–water partition coefficient (Wildman–Crippen LogP) is 2.99. The first-order valence-electron chi connectivity index (χ1n) is 8.53. The Hall–Kier alpha value is -2.21. The lowest BCUT2D eigenvalue weighted by Gasteiger charge is -2.15. The lowest BCUT2D eigenvalue weighted by molar-refractivity contribution is 0.254. The molecule has 1 aromatic carbocycles. The fraction of sp³-hybridized carbons (Fsp3) is 0.421. The van der Waals surface area contributed by atoms with Crippen molar-refractivity contribution in [2.75, 3.05) is 20.7 Å². The van der Waals surface area contributed by atoms with Crippen LogP contribution in [-0.2, 0) is 19.4 Å². The summed E-state index contributed by atoms with van der Waals surface area (Å²) < 4.78 is 11.4. The normalized spacial score (nSPS) is 16.3. The van der Waals surface area contributed by atoms with E-state index in [0.717, 1.165) is 42.4 Å². The third-order valence-electron chi connectivity index (χ3n) is 4.21. The van der Waals surface area contributed by atoms with Crippen molar-refractivity contribution >= 4 is 17.3 Å². The van der Waals surface area contributed by atoms with E-state index in [1.54, 1.807) is 25.5 Å². The highest BCUT2D eigenvalue weighted by Gasteiger charge is 2.21. The SMILES string of the molecule is CN=C(NCCc1cccs1)NCc1cc2c(cc1OC)CC(C)O2. The molecule has 0 fully saturated rings. The maximum absolute atomic E-state index is 5.86. The van der Waals surface area contributed by atoms with E-state index in [1.165, 1.54) is 10.4 Å². The molecule has 0 saturated carbocycles. The number of guanidine groups is 1. The van der Waals surface area contributed by atoms with Crippen molar-refractivity contribution in [3.05, 3.63) is 45.6 Å². The number of hydrogen-bond acceptors (Lipinski definition) is 4. The van der Waals surface area contributed by atoms with Crippen LogP contribution in [0, 0.1) is 0 Å². The topological polar surface area (TPSA) is 54.9 Å². The summed E-state index contributed by atoms with van der Waals surface area (Å²) in [6, 6.07) is 8.39. The van der Waals surface area contributed by atoms with Crippen LogP contribution >= 0.6 is 11.3 Å². The van der Waals surface area contributed by atoms with Gasteiger partial charge in [-0.2, -0.15) is 0 Å². The third-order valence-corrected chi connectivity index (χ3v) is 5.15. The minimum absolute atomic E-state index is 0.231. The lowest BCUT2D eigenvalue weighted by atomic mass is 10.1. The van der Waals surface area contributed by atoms with Crippen LogP contribution in [-0.4, -0.2) is 32.8 Å². The summed E-state index contributed by atoms with van der Waals surface area (Å²) in [5.74, 6) is 2.64. The molecule has 5 nitrogen and oxygen atoms in total. The quantitative estimate of drug-likeness (QED) is 0.615. The Balaban J connectivity index is 1.57. The highest BCUT2D eigenvalue weighted by molar-refractivity contribution is 7.09. The summed E-state index contributed by atoms with van der Waals surface area (Å²) in [6.07, 6.45) is 2.16. The smallest absolute Gasteiger partial charge is 0.191 e. The Bertz CT molecular complexity index is 729. The summed E-state index contributed by atoms with van der Waals surface area (Å²) in [4.78, 5) is 5.66. The van der Waals surface area contributed by atoms with Crippen LogP contribution in [0.2, 0.25) is 0 Å². The molecule has 1 aliphatic rings. The van der Waals surface area contributed by atoms with Gasteiger partial charge in [0.2, 0.25) is 0 Å². The largest absolute Gasteiger partial charge is 0.496 e. The van der Waals surface area contributed by atoms with Gasteiger partial charge in [0.15, 0.2) is 5.96 Å². The zero-order valence-corrected chi connectivity index (χ0v) is 15.8. The minimum Gasteiger partial charge on any atom is -0.496 e. The van der Waals surface area contributed by atoms with Crippen molar-refractivity contribution in [1.82, 2.24) is 10.6 Å². The number of rotatable bonds is 6. The molecule has 2 N–H and O–H groups in total. The maximum atomic E-state index is 5.86. The van der Waals surface area contributed by atoms with Crippen LogP contribution in [0.1, 0.15) is 22.9 Å². The maximum Gasteiger partial charge on any atom is 0.191 e. The molecule has 2 heterocycles. The van der Waals surface area contributed by atoms with Gasteiger partial charge in [-0.3, -0.25) is 4.99 Å². The van der Waals surface area contributed by atoms with E-state index >= 15 is 0 Å². The van der Waals surface area contributed by atoms with Crippen molar-refractivity contribution < 1.29 is 9.47 Å². The Labute approximate surface area is 153 Å². The highest BCUT2D eigenvalue weighted by Crippen LogP contribution is 2.34. The average molecular weight is 359 g/mol. The van der Waals surface area contributed by atoms with Gasteiger partial charge in [0, 0.05) is 42.6 Å². The molecule has 1 aromatic heterocycles. The summed E-state index contributed by atoms with van der Waals surface area (Å²) in [5, 5.41) is 8.80. The molecular weight excluding hydrogens is 334 g/mol. The third kappa shape index (κ3) is 4.45. The average Bonchev–Trinajstić information content (AvgIpc) is 3.25. The van der Waals surface area contributed by atoms with Crippen molar-refractivity contribution in [2.45, 2.75) is 32.4 Å². The molecule has 0 radical (unpaired) electrons. The molecule has 25 heavy (non-hydrogen) atoms. The molecule has 0 spiro atoms. The Kier molecular flexibility index (Phi) is 5.81. The first kappa shape index (κ1) is 17.6. The number of ether oxygens (including phenoxy) is 2. The number of nitrogens with one attached hydrogen (secondary N) is 2. The van der Waals surface area contributed by atoms with E-state index in [1.807, 2.05) is 0 Å². The minimum atomic E-state index is 0.231. The van der Waals surface area contributed by atoms with Gasteiger partial charge in [-0.15, -0.1) is 11.3 Å². The lowest BCUT2D eigenvalue weighted by Crippen LogP contribution is -2.37. The highest BCUT2D eigenvalue weighted by atomic mass is 32.1. The number of hydrogen-bond donors (Lipinski definition) is 2. The second-order valence-electron chi connectivity index (χ2n) is 6.09. The standard InChI is InChI=1S/C19H25N3O2S/c1-13-9-14-10-17(23-3)15(11-18(14)24-13)12-22-19(20-2)21-7-6-16-5-4-8-25-16/h4-5,8,10-11,13H,6-7,9,12H2,1-3H3,(H2,20,21,22). The van der Waals surface area contributed by atoms with Gasteiger partial charge in [-0.25, -0.2) is 0 Å². The second kappa shape index (κ2) is 8.25. The van der Waals surface area contributed by atoms with E-state index in [-0.39, 0.29) is 6.10 Å². The number of benzene rings is 1. The number of thiophene rings is 1. The monoisotopic (exact) mass is 359 g/mol. The summed E-state index contributed by atoms with van der Waals surface area (Å²) >= 11 is 1.78. The van der Waals surface area contributed by atoms with Crippen LogP contribution in [0.5, 0.6) is 11.5 Å². The van der Waals surface area contributed by atoms with Crippen LogP contribution in [0.3, 0.4) is 0 Å². The summed E-state index contributed by atoms with van der Waals surface area (Å²) in [7, 11) is 3.49. The van der Waals surface area contributed by atoms with E-state index in [4.69, 9.17) is 9.47 Å². The first-order valence-corrected chi connectivity index (χ1v) is 9.41. The Morgan fingerprint density at radius 1 is 1.40 bits per heavy atom. The van der Waals surface area contributed by atoms with E-state index in [2.05, 4.69) is 52.2 Å². The van der Waals surface area contributed by atoms with E-state index in [0.29, 0.717) is 6.54 Å². The van der Waals surface area contributed by atoms with Crippen molar-refractivity contribution in [3.63, 3.8) is 0 Å². The van der Waals surface area contributed by atoms with Crippen molar-refractivity contribution in [1.29, 1.82) is 0 Å². The molecule has 134 valence electrons.